The molecule has 0 aliphatic carbocycles. The standard InChI is InChI=1S/C33H32N4O8S/c1-23(38)43-18-19-44-32(39)36-31(34)27-11-7-10-25(20-27)22-37(21-24-8-3-2-4-9-24)33(40)45-28-16-14-26(15-17-28)29-12-5-6-13-30(29)46(35,41)42/h2-17,20H,18-19,21-22H2,1H3,(H2,34,36,39)(H2,35,41,42). The molecular weight excluding hydrogens is 612 g/mol. The van der Waals surface area contributed by atoms with Gasteiger partial charge in [-0.1, -0.05) is 78.9 Å². The molecule has 0 saturated carbocycles. The third-order valence-corrected chi connectivity index (χ3v) is 7.45. The van der Waals surface area contributed by atoms with Crippen LogP contribution in [0, 0.1) is 5.41 Å². The number of amides is 2. The number of carbonyl (C=O) groups is 3. The van der Waals surface area contributed by atoms with E-state index < -0.39 is 28.2 Å². The molecule has 0 aliphatic rings. The number of alkyl carbamates (subject to hydrolysis) is 1. The number of hydrogen-bond donors (Lipinski definition) is 3. The lowest BCUT2D eigenvalue weighted by molar-refractivity contribution is -0.141. The van der Waals surface area contributed by atoms with Crippen LogP contribution in [0.2, 0.25) is 0 Å². The van der Waals surface area contributed by atoms with E-state index in [0.29, 0.717) is 22.3 Å². The molecule has 238 valence electrons. The molecule has 0 unspecified atom stereocenters. The van der Waals surface area contributed by atoms with Gasteiger partial charge in [0.05, 0.1) is 4.90 Å². The van der Waals surface area contributed by atoms with Gasteiger partial charge in [0, 0.05) is 31.1 Å². The van der Waals surface area contributed by atoms with E-state index in [-0.39, 0.29) is 42.8 Å². The summed E-state index contributed by atoms with van der Waals surface area (Å²) in [5, 5.41) is 16.0. The number of amidine groups is 1. The lowest BCUT2D eigenvalue weighted by atomic mass is 10.1. The molecular formula is C33H32N4O8S. The van der Waals surface area contributed by atoms with E-state index in [1.165, 1.54) is 17.9 Å². The van der Waals surface area contributed by atoms with Crippen molar-refractivity contribution in [3.05, 3.63) is 120 Å². The topological polar surface area (TPSA) is 178 Å². The number of ether oxygens (including phenoxy) is 3. The van der Waals surface area contributed by atoms with Crippen molar-refractivity contribution in [3.63, 3.8) is 0 Å². The summed E-state index contributed by atoms with van der Waals surface area (Å²) < 4.78 is 39.4. The van der Waals surface area contributed by atoms with Crippen LogP contribution in [0.1, 0.15) is 23.6 Å². The minimum Gasteiger partial charge on any atom is -0.462 e. The minimum atomic E-state index is -3.95. The quantitative estimate of drug-likeness (QED) is 0.0900. The van der Waals surface area contributed by atoms with Gasteiger partial charge in [-0.05, 0) is 41.0 Å². The molecule has 0 aromatic heterocycles. The number of primary sulfonamides is 1. The predicted octanol–water partition coefficient (Wildman–Crippen LogP) is 4.82. The zero-order valence-electron chi connectivity index (χ0n) is 24.8. The molecule has 46 heavy (non-hydrogen) atoms. The number of benzene rings is 4. The zero-order valence-corrected chi connectivity index (χ0v) is 25.7. The van der Waals surface area contributed by atoms with Crippen LogP contribution < -0.4 is 15.2 Å². The Morgan fingerprint density at radius 1 is 0.804 bits per heavy atom. The highest BCUT2D eigenvalue weighted by molar-refractivity contribution is 7.89. The molecule has 0 heterocycles. The van der Waals surface area contributed by atoms with Crippen molar-refractivity contribution >= 4 is 34.0 Å². The van der Waals surface area contributed by atoms with Crippen molar-refractivity contribution < 1.29 is 37.0 Å². The van der Waals surface area contributed by atoms with Crippen LogP contribution in [0.5, 0.6) is 5.75 Å². The normalized spacial score (nSPS) is 10.8. The number of esters is 1. The molecule has 0 aliphatic heterocycles. The maximum absolute atomic E-state index is 13.5. The lowest BCUT2D eigenvalue weighted by Crippen LogP contribution is -2.33. The number of nitrogens with one attached hydrogen (secondary N) is 2. The SMILES string of the molecule is CC(=O)OCCOC(=O)NC(=N)c1cccc(CN(Cc2ccccc2)C(=O)Oc2ccc(-c3ccccc3S(N)(=O)=O)cc2)c1. The summed E-state index contributed by atoms with van der Waals surface area (Å²) >= 11 is 0. The Hall–Kier alpha value is -5.53. The second kappa shape index (κ2) is 15.5. The molecule has 0 spiro atoms. The Morgan fingerprint density at radius 2 is 1.43 bits per heavy atom. The van der Waals surface area contributed by atoms with Crippen LogP contribution in [0.25, 0.3) is 11.1 Å². The number of rotatable bonds is 11. The molecule has 13 heteroatoms. The third kappa shape index (κ3) is 9.74. The van der Waals surface area contributed by atoms with Gasteiger partial charge in [-0.2, -0.15) is 0 Å². The molecule has 4 N–H and O–H groups in total. The van der Waals surface area contributed by atoms with Crippen molar-refractivity contribution in [2.45, 2.75) is 24.9 Å². The van der Waals surface area contributed by atoms with E-state index in [0.717, 1.165) is 5.56 Å². The molecule has 4 aromatic rings. The van der Waals surface area contributed by atoms with E-state index in [9.17, 15) is 22.8 Å². The highest BCUT2D eigenvalue weighted by Crippen LogP contribution is 2.28. The monoisotopic (exact) mass is 644 g/mol. The molecule has 0 atom stereocenters. The van der Waals surface area contributed by atoms with Crippen molar-refractivity contribution in [1.29, 1.82) is 5.41 Å². The predicted molar refractivity (Wildman–Crippen MR) is 169 cm³/mol. The number of nitrogens with two attached hydrogens (primary N) is 1. The van der Waals surface area contributed by atoms with E-state index >= 15 is 0 Å². The van der Waals surface area contributed by atoms with Crippen LogP contribution >= 0.6 is 0 Å². The van der Waals surface area contributed by atoms with Gasteiger partial charge in [0.25, 0.3) is 0 Å². The fourth-order valence-corrected chi connectivity index (χ4v) is 5.15. The first-order valence-corrected chi connectivity index (χ1v) is 15.5. The van der Waals surface area contributed by atoms with E-state index in [1.54, 1.807) is 66.7 Å². The average molecular weight is 645 g/mol. The smallest absolute Gasteiger partial charge is 0.415 e. The maximum atomic E-state index is 13.5. The van der Waals surface area contributed by atoms with Gasteiger partial charge < -0.3 is 14.2 Å². The molecule has 0 bridgehead atoms. The van der Waals surface area contributed by atoms with Gasteiger partial charge in [0.1, 0.15) is 24.8 Å². The molecule has 4 aromatic carbocycles. The largest absolute Gasteiger partial charge is 0.462 e. The van der Waals surface area contributed by atoms with Gasteiger partial charge in [-0.15, -0.1) is 0 Å². The first-order chi connectivity index (χ1) is 22.0. The highest BCUT2D eigenvalue weighted by atomic mass is 32.2. The summed E-state index contributed by atoms with van der Waals surface area (Å²) in [4.78, 5) is 37.8. The van der Waals surface area contributed by atoms with Gasteiger partial charge in [-0.3, -0.25) is 20.4 Å². The maximum Gasteiger partial charge on any atom is 0.415 e. The van der Waals surface area contributed by atoms with Gasteiger partial charge in [0.2, 0.25) is 10.0 Å². The Bertz CT molecular complexity index is 1810. The molecule has 12 nitrogen and oxygen atoms in total. The molecule has 4 rings (SSSR count). The molecule has 2 amide bonds. The number of hydrogen-bond acceptors (Lipinski definition) is 9. The third-order valence-electron chi connectivity index (χ3n) is 6.48. The summed E-state index contributed by atoms with van der Waals surface area (Å²) in [5.74, 6) is -0.479. The minimum absolute atomic E-state index is 0.0181. The van der Waals surface area contributed by atoms with Gasteiger partial charge in [0.15, 0.2) is 0 Å². The first kappa shape index (κ1) is 33.4. The highest BCUT2D eigenvalue weighted by Gasteiger charge is 2.19. The Kier molecular flexibility index (Phi) is 11.2. The van der Waals surface area contributed by atoms with Crippen LogP contribution in [-0.2, 0) is 37.4 Å². The zero-order chi connectivity index (χ0) is 33.1. The number of sulfonamides is 1. The van der Waals surface area contributed by atoms with Crippen LogP contribution in [0.4, 0.5) is 9.59 Å². The second-order valence-corrected chi connectivity index (χ2v) is 11.5. The van der Waals surface area contributed by atoms with E-state index in [4.69, 9.17) is 24.8 Å². The summed E-state index contributed by atoms with van der Waals surface area (Å²) in [6.45, 7) is 1.30. The average Bonchev–Trinajstić information content (AvgIpc) is 3.03. The van der Waals surface area contributed by atoms with Gasteiger partial charge >= 0.3 is 18.2 Å². The fraction of sp³-hybridized carbons (Fsp3) is 0.152. The Morgan fingerprint density at radius 3 is 2.13 bits per heavy atom. The molecule has 0 radical (unpaired) electrons. The summed E-state index contributed by atoms with van der Waals surface area (Å²) in [7, 11) is -3.95. The van der Waals surface area contributed by atoms with Crippen molar-refractivity contribution in [1.82, 2.24) is 10.2 Å². The fourth-order valence-electron chi connectivity index (χ4n) is 4.39. The van der Waals surface area contributed by atoms with E-state index in [1.807, 2.05) is 30.3 Å². The summed E-state index contributed by atoms with van der Waals surface area (Å²) in [6.07, 6.45) is -1.52. The first-order valence-electron chi connectivity index (χ1n) is 14.0. The van der Waals surface area contributed by atoms with Crippen LogP contribution in [-0.4, -0.2) is 50.5 Å². The van der Waals surface area contributed by atoms with Crippen LogP contribution in [0.15, 0.2) is 108 Å². The lowest BCUT2D eigenvalue weighted by Gasteiger charge is -2.23. The van der Waals surface area contributed by atoms with Crippen molar-refractivity contribution in [3.8, 4) is 16.9 Å². The van der Waals surface area contributed by atoms with Crippen molar-refractivity contribution in [2.75, 3.05) is 13.2 Å². The molecule has 0 fully saturated rings. The van der Waals surface area contributed by atoms with Crippen molar-refractivity contribution in [2.24, 2.45) is 5.14 Å². The molecule has 0 saturated heterocycles. The number of nitrogens with zero attached hydrogens (tertiary/aromatic N) is 1. The summed E-state index contributed by atoms with van der Waals surface area (Å²) in [6, 6.07) is 28.8. The van der Waals surface area contributed by atoms with E-state index in [2.05, 4.69) is 5.32 Å². The summed E-state index contributed by atoms with van der Waals surface area (Å²) in [5.41, 5.74) is 2.89. The Balaban J connectivity index is 1.47. The van der Waals surface area contributed by atoms with Gasteiger partial charge in [-0.25, -0.2) is 23.1 Å². The Labute approximate surface area is 266 Å². The van der Waals surface area contributed by atoms with Crippen LogP contribution in [0.3, 0.4) is 0 Å². The number of carbonyl (C=O) groups excluding carboxylic acids is 3. The second-order valence-electron chi connectivity index (χ2n) is 9.95.